The molecule has 1 aliphatic heterocycles. The average molecular weight is 464 g/mol. The van der Waals surface area contributed by atoms with Crippen LogP contribution in [0.1, 0.15) is 18.7 Å². The second-order valence-corrected chi connectivity index (χ2v) is 8.63. The van der Waals surface area contributed by atoms with Gasteiger partial charge in [0.2, 0.25) is 0 Å². The van der Waals surface area contributed by atoms with Crippen LogP contribution in [0.25, 0.3) is 38.9 Å². The number of para-hydroxylation sites is 2. The van der Waals surface area contributed by atoms with E-state index >= 15 is 0 Å². The summed E-state index contributed by atoms with van der Waals surface area (Å²) in [6.07, 6.45) is 1.87. The lowest BCUT2D eigenvalue weighted by Crippen LogP contribution is -2.29. The molecule has 2 aromatic carbocycles. The summed E-state index contributed by atoms with van der Waals surface area (Å²) in [4.78, 5) is 28.1. The Morgan fingerprint density at radius 2 is 1.91 bits per heavy atom. The van der Waals surface area contributed by atoms with E-state index in [1.807, 2.05) is 24.3 Å². The van der Waals surface area contributed by atoms with E-state index in [1.165, 1.54) is 12.1 Å². The zero-order valence-corrected chi connectivity index (χ0v) is 18.5. The smallest absolute Gasteiger partial charge is 0.265 e. The monoisotopic (exact) mass is 463 g/mol. The lowest BCUT2D eigenvalue weighted by atomic mass is 10.2. The number of aromatic nitrogens is 5. The molecular formula is C24H19ClFN5O2. The van der Waals surface area contributed by atoms with E-state index in [4.69, 9.17) is 31.3 Å². The molecular weight excluding hydrogens is 445 g/mol. The summed E-state index contributed by atoms with van der Waals surface area (Å²) in [6.45, 7) is 2.94. The van der Waals surface area contributed by atoms with Crippen LogP contribution >= 0.6 is 11.6 Å². The normalized spacial score (nSPS) is 16.4. The van der Waals surface area contributed by atoms with E-state index < -0.39 is 5.82 Å². The van der Waals surface area contributed by atoms with Crippen molar-refractivity contribution in [3.05, 3.63) is 69.5 Å². The Hall–Kier alpha value is -3.36. The van der Waals surface area contributed by atoms with E-state index in [2.05, 4.69) is 0 Å². The zero-order chi connectivity index (χ0) is 22.7. The van der Waals surface area contributed by atoms with Crippen LogP contribution in [-0.2, 0) is 11.3 Å². The number of hydrogen-bond donors (Lipinski definition) is 0. The van der Waals surface area contributed by atoms with E-state index in [0.717, 1.165) is 12.8 Å². The number of rotatable bonds is 3. The molecule has 4 heterocycles. The maximum atomic E-state index is 13.9. The maximum Gasteiger partial charge on any atom is 0.265 e. The minimum Gasteiger partial charge on any atom is -0.376 e. The van der Waals surface area contributed by atoms with Crippen molar-refractivity contribution in [2.24, 2.45) is 0 Å². The second kappa shape index (κ2) is 7.60. The minimum atomic E-state index is -0.527. The third kappa shape index (κ3) is 3.20. The molecule has 0 aliphatic carbocycles. The van der Waals surface area contributed by atoms with E-state index in [9.17, 15) is 9.18 Å². The molecule has 0 N–H and O–H groups in total. The highest BCUT2D eigenvalue weighted by molar-refractivity contribution is 6.31. The lowest BCUT2D eigenvalue weighted by molar-refractivity contribution is 0.0955. The number of nitrogens with zero attached hydrogens (tertiary/aromatic N) is 5. The highest BCUT2D eigenvalue weighted by Crippen LogP contribution is 2.30. The van der Waals surface area contributed by atoms with Gasteiger partial charge >= 0.3 is 0 Å². The fourth-order valence-electron chi connectivity index (χ4n) is 4.51. The third-order valence-corrected chi connectivity index (χ3v) is 6.41. The van der Waals surface area contributed by atoms with Crippen LogP contribution in [-0.4, -0.2) is 36.8 Å². The highest BCUT2D eigenvalue weighted by Gasteiger charge is 2.24. The Bertz CT molecular complexity index is 1620. The summed E-state index contributed by atoms with van der Waals surface area (Å²) in [6, 6.07) is 11.8. The minimum absolute atomic E-state index is 0.0168. The lowest BCUT2D eigenvalue weighted by Gasteiger charge is -2.14. The fourth-order valence-corrected chi connectivity index (χ4v) is 4.68. The molecule has 3 aromatic heterocycles. The van der Waals surface area contributed by atoms with Crippen molar-refractivity contribution < 1.29 is 9.13 Å². The first-order chi connectivity index (χ1) is 16.0. The van der Waals surface area contributed by atoms with Crippen LogP contribution in [0.4, 0.5) is 4.39 Å². The predicted molar refractivity (Wildman–Crippen MR) is 125 cm³/mol. The molecule has 166 valence electrons. The first-order valence-electron chi connectivity index (χ1n) is 10.8. The van der Waals surface area contributed by atoms with Gasteiger partial charge in [0.15, 0.2) is 11.3 Å². The summed E-state index contributed by atoms with van der Waals surface area (Å²) in [5.41, 5.74) is 3.02. The van der Waals surface area contributed by atoms with E-state index in [1.54, 1.807) is 22.1 Å². The molecule has 1 aliphatic rings. The van der Waals surface area contributed by atoms with Gasteiger partial charge in [-0.25, -0.2) is 19.3 Å². The van der Waals surface area contributed by atoms with Crippen molar-refractivity contribution in [1.82, 2.24) is 24.1 Å². The van der Waals surface area contributed by atoms with Gasteiger partial charge in [0.05, 0.1) is 34.4 Å². The fraction of sp³-hybridized carbons (Fsp3) is 0.250. The Labute approximate surface area is 192 Å². The van der Waals surface area contributed by atoms with Crippen LogP contribution in [0.15, 0.2) is 47.3 Å². The van der Waals surface area contributed by atoms with Gasteiger partial charge in [-0.2, -0.15) is 0 Å². The molecule has 6 rings (SSSR count). The van der Waals surface area contributed by atoms with E-state index in [0.29, 0.717) is 57.9 Å². The summed E-state index contributed by atoms with van der Waals surface area (Å²) in [5.74, 6) is 0.0330. The average Bonchev–Trinajstić information content (AvgIpc) is 3.42. The topological polar surface area (TPSA) is 74.8 Å². The number of aryl methyl sites for hydroxylation is 1. The Balaban J connectivity index is 1.72. The van der Waals surface area contributed by atoms with Crippen molar-refractivity contribution in [2.45, 2.75) is 32.4 Å². The molecule has 0 radical (unpaired) electrons. The van der Waals surface area contributed by atoms with Crippen LogP contribution in [0, 0.1) is 12.7 Å². The van der Waals surface area contributed by atoms with Crippen molar-refractivity contribution in [3.8, 4) is 5.69 Å². The standard InChI is InChI=1S/C24H19ClFN5O2/c1-13-27-22-20(24(32)30(13)12-15-5-4-10-33-15)21-23(29-19-7-3-2-6-18(19)28-21)31(22)14-8-9-17(26)16(25)11-14/h2-3,6-9,11,15H,4-5,10,12H2,1H3/t15-/m1/s1. The van der Waals surface area contributed by atoms with Gasteiger partial charge in [0, 0.05) is 6.61 Å². The predicted octanol–water partition coefficient (Wildman–Crippen LogP) is 4.56. The molecule has 1 saturated heterocycles. The Morgan fingerprint density at radius 1 is 1.12 bits per heavy atom. The molecule has 5 aromatic rings. The SMILES string of the molecule is Cc1nc2c(c(=O)n1C[C@H]1CCCO1)c1nc3ccccc3nc1n2-c1ccc(F)c(Cl)c1. The maximum absolute atomic E-state index is 13.9. The van der Waals surface area contributed by atoms with Gasteiger partial charge in [-0.3, -0.25) is 13.9 Å². The molecule has 7 nitrogen and oxygen atoms in total. The number of hydrogen-bond acceptors (Lipinski definition) is 5. The van der Waals surface area contributed by atoms with Crippen LogP contribution in [0.5, 0.6) is 0 Å². The summed E-state index contributed by atoms with van der Waals surface area (Å²) < 4.78 is 23.0. The zero-order valence-electron chi connectivity index (χ0n) is 17.8. The van der Waals surface area contributed by atoms with Gasteiger partial charge < -0.3 is 4.74 Å². The molecule has 1 atom stereocenters. The van der Waals surface area contributed by atoms with Crippen LogP contribution in [0.2, 0.25) is 5.02 Å². The largest absolute Gasteiger partial charge is 0.376 e. The molecule has 0 saturated carbocycles. The molecule has 33 heavy (non-hydrogen) atoms. The molecule has 1 fully saturated rings. The van der Waals surface area contributed by atoms with Crippen molar-refractivity contribution in [2.75, 3.05) is 6.61 Å². The Morgan fingerprint density at radius 3 is 2.64 bits per heavy atom. The van der Waals surface area contributed by atoms with Crippen LogP contribution < -0.4 is 5.56 Å². The summed E-state index contributed by atoms with van der Waals surface area (Å²) in [7, 11) is 0. The van der Waals surface area contributed by atoms with Crippen molar-refractivity contribution >= 4 is 44.8 Å². The first-order valence-corrected chi connectivity index (χ1v) is 11.1. The van der Waals surface area contributed by atoms with Gasteiger partial charge in [0.25, 0.3) is 5.56 Å². The number of ether oxygens (including phenoxy) is 1. The van der Waals surface area contributed by atoms with Gasteiger partial charge in [-0.1, -0.05) is 23.7 Å². The van der Waals surface area contributed by atoms with Gasteiger partial charge in [-0.05, 0) is 50.1 Å². The quantitative estimate of drug-likeness (QED) is 0.392. The van der Waals surface area contributed by atoms with Gasteiger partial charge in [-0.15, -0.1) is 0 Å². The Kier molecular flexibility index (Phi) is 4.67. The first kappa shape index (κ1) is 20.3. The molecule has 0 unspecified atom stereocenters. The molecule has 9 heteroatoms. The molecule has 0 amide bonds. The summed E-state index contributed by atoms with van der Waals surface area (Å²) >= 11 is 6.09. The van der Waals surface area contributed by atoms with Gasteiger partial charge in [0.1, 0.15) is 22.5 Å². The van der Waals surface area contributed by atoms with Crippen molar-refractivity contribution in [3.63, 3.8) is 0 Å². The molecule has 0 spiro atoms. The molecule has 0 bridgehead atoms. The van der Waals surface area contributed by atoms with Crippen molar-refractivity contribution in [1.29, 1.82) is 0 Å². The second-order valence-electron chi connectivity index (χ2n) is 8.23. The number of benzene rings is 2. The van der Waals surface area contributed by atoms with Crippen LogP contribution in [0.3, 0.4) is 0 Å². The highest BCUT2D eigenvalue weighted by atomic mass is 35.5. The third-order valence-electron chi connectivity index (χ3n) is 6.13. The number of fused-ring (bicyclic) bond motifs is 4. The summed E-state index contributed by atoms with van der Waals surface area (Å²) in [5, 5.41) is 0.340. The number of halogens is 2. The van der Waals surface area contributed by atoms with E-state index in [-0.39, 0.29) is 16.7 Å².